The topological polar surface area (TPSA) is 41.5 Å². The van der Waals surface area contributed by atoms with Crippen LogP contribution in [0.4, 0.5) is 8.78 Å². The van der Waals surface area contributed by atoms with Crippen molar-refractivity contribution in [2.75, 3.05) is 0 Å². The SMILES string of the molecule is CCC(NC(C)c1cccc(CO)c1)c1ccccc1OC(F)F. The summed E-state index contributed by atoms with van der Waals surface area (Å²) in [5.41, 5.74) is 2.59. The molecule has 2 rings (SSSR count). The molecule has 24 heavy (non-hydrogen) atoms. The van der Waals surface area contributed by atoms with E-state index in [1.54, 1.807) is 18.2 Å². The third kappa shape index (κ3) is 4.76. The summed E-state index contributed by atoms with van der Waals surface area (Å²) in [6.07, 6.45) is 0.730. The monoisotopic (exact) mass is 335 g/mol. The van der Waals surface area contributed by atoms with Gasteiger partial charge in [0.25, 0.3) is 0 Å². The first kappa shape index (κ1) is 18.4. The van der Waals surface area contributed by atoms with E-state index in [-0.39, 0.29) is 24.4 Å². The third-order valence-corrected chi connectivity index (χ3v) is 4.00. The van der Waals surface area contributed by atoms with Crippen molar-refractivity contribution in [1.29, 1.82) is 0 Å². The van der Waals surface area contributed by atoms with Crippen LogP contribution >= 0.6 is 0 Å². The molecule has 2 N–H and O–H groups in total. The highest BCUT2D eigenvalue weighted by atomic mass is 19.3. The lowest BCUT2D eigenvalue weighted by molar-refractivity contribution is -0.0507. The maximum Gasteiger partial charge on any atom is 0.387 e. The van der Waals surface area contributed by atoms with Crippen molar-refractivity contribution in [3.05, 3.63) is 65.2 Å². The minimum Gasteiger partial charge on any atom is -0.434 e. The second kappa shape index (κ2) is 8.76. The molecule has 2 atom stereocenters. The van der Waals surface area contributed by atoms with Crippen molar-refractivity contribution < 1.29 is 18.6 Å². The average Bonchev–Trinajstić information content (AvgIpc) is 2.59. The molecule has 130 valence electrons. The van der Waals surface area contributed by atoms with Crippen LogP contribution in [-0.4, -0.2) is 11.7 Å². The molecular formula is C19H23F2NO2. The molecule has 2 aromatic carbocycles. The summed E-state index contributed by atoms with van der Waals surface area (Å²) < 4.78 is 29.9. The van der Waals surface area contributed by atoms with Crippen molar-refractivity contribution in [3.8, 4) is 5.75 Å². The van der Waals surface area contributed by atoms with Gasteiger partial charge in [0, 0.05) is 17.6 Å². The predicted molar refractivity (Wildman–Crippen MR) is 90.0 cm³/mol. The number of hydrogen-bond donors (Lipinski definition) is 2. The van der Waals surface area contributed by atoms with Crippen LogP contribution in [0.5, 0.6) is 5.75 Å². The number of aliphatic hydroxyl groups excluding tert-OH is 1. The number of aliphatic hydroxyl groups is 1. The molecule has 0 heterocycles. The van der Waals surface area contributed by atoms with E-state index < -0.39 is 6.61 Å². The van der Waals surface area contributed by atoms with E-state index >= 15 is 0 Å². The molecule has 3 nitrogen and oxygen atoms in total. The van der Waals surface area contributed by atoms with E-state index in [4.69, 9.17) is 0 Å². The van der Waals surface area contributed by atoms with Gasteiger partial charge in [-0.3, -0.25) is 0 Å². The Morgan fingerprint density at radius 2 is 1.88 bits per heavy atom. The van der Waals surface area contributed by atoms with E-state index in [2.05, 4.69) is 10.1 Å². The summed E-state index contributed by atoms with van der Waals surface area (Å²) in [4.78, 5) is 0. The van der Waals surface area contributed by atoms with Gasteiger partial charge in [-0.05, 0) is 30.5 Å². The number of para-hydroxylation sites is 1. The predicted octanol–water partition coefficient (Wildman–Crippen LogP) is 4.58. The summed E-state index contributed by atoms with van der Waals surface area (Å²) >= 11 is 0. The Morgan fingerprint density at radius 3 is 2.54 bits per heavy atom. The molecule has 5 heteroatoms. The standard InChI is InChI=1S/C19H23F2NO2/c1-3-17(16-9-4-5-10-18(16)24-19(20)21)22-13(2)15-8-6-7-14(11-15)12-23/h4-11,13,17,19,22-23H,3,12H2,1-2H3. The van der Waals surface area contributed by atoms with Gasteiger partial charge < -0.3 is 15.2 Å². The number of hydrogen-bond acceptors (Lipinski definition) is 3. The molecule has 2 unspecified atom stereocenters. The zero-order valence-corrected chi connectivity index (χ0v) is 13.9. The Kier molecular flexibility index (Phi) is 6.70. The fraction of sp³-hybridized carbons (Fsp3) is 0.368. The van der Waals surface area contributed by atoms with E-state index in [0.29, 0.717) is 5.56 Å². The van der Waals surface area contributed by atoms with Gasteiger partial charge in [-0.25, -0.2) is 0 Å². The fourth-order valence-corrected chi connectivity index (χ4v) is 2.76. The molecule has 0 aliphatic rings. The van der Waals surface area contributed by atoms with Gasteiger partial charge >= 0.3 is 6.61 Å². The number of halogens is 2. The van der Waals surface area contributed by atoms with E-state index in [1.807, 2.05) is 44.2 Å². The summed E-state index contributed by atoms with van der Waals surface area (Å²) in [5.74, 6) is 0.197. The van der Waals surface area contributed by atoms with E-state index in [9.17, 15) is 13.9 Å². The number of nitrogens with one attached hydrogen (secondary N) is 1. The number of benzene rings is 2. The summed E-state index contributed by atoms with van der Waals surface area (Å²) in [6, 6.07) is 14.4. The van der Waals surface area contributed by atoms with E-state index in [1.165, 1.54) is 0 Å². The lowest BCUT2D eigenvalue weighted by atomic mass is 9.99. The minimum absolute atomic E-state index is 0.000978. The van der Waals surface area contributed by atoms with Gasteiger partial charge in [-0.2, -0.15) is 8.78 Å². The Balaban J connectivity index is 2.20. The molecule has 2 aromatic rings. The van der Waals surface area contributed by atoms with Crippen molar-refractivity contribution in [2.24, 2.45) is 0 Å². The second-order valence-corrected chi connectivity index (χ2v) is 5.67. The zero-order chi connectivity index (χ0) is 17.5. The van der Waals surface area contributed by atoms with Crippen molar-refractivity contribution in [2.45, 2.75) is 45.6 Å². The molecule has 0 aliphatic carbocycles. The van der Waals surface area contributed by atoms with Crippen LogP contribution in [-0.2, 0) is 6.61 Å². The van der Waals surface area contributed by atoms with Crippen LogP contribution in [0.15, 0.2) is 48.5 Å². The van der Waals surface area contributed by atoms with Gasteiger partial charge in [-0.15, -0.1) is 0 Å². The highest BCUT2D eigenvalue weighted by Crippen LogP contribution is 2.30. The number of ether oxygens (including phenoxy) is 1. The molecule has 0 radical (unpaired) electrons. The molecule has 0 spiro atoms. The first-order valence-corrected chi connectivity index (χ1v) is 8.04. The van der Waals surface area contributed by atoms with Gasteiger partial charge in [0.2, 0.25) is 0 Å². The summed E-state index contributed by atoms with van der Waals surface area (Å²) in [5, 5.41) is 12.7. The fourth-order valence-electron chi connectivity index (χ4n) is 2.76. The average molecular weight is 335 g/mol. The minimum atomic E-state index is -2.85. The maximum absolute atomic E-state index is 12.6. The van der Waals surface area contributed by atoms with Crippen LogP contribution in [0.3, 0.4) is 0 Å². The molecule has 0 saturated heterocycles. The van der Waals surface area contributed by atoms with Gasteiger partial charge in [-0.1, -0.05) is 49.4 Å². The summed E-state index contributed by atoms with van der Waals surface area (Å²) in [6.45, 7) is 1.15. The molecule has 0 amide bonds. The zero-order valence-electron chi connectivity index (χ0n) is 13.9. The smallest absolute Gasteiger partial charge is 0.387 e. The number of alkyl halides is 2. The van der Waals surface area contributed by atoms with Crippen LogP contribution < -0.4 is 10.1 Å². The van der Waals surface area contributed by atoms with Gasteiger partial charge in [0.15, 0.2) is 0 Å². The highest BCUT2D eigenvalue weighted by Gasteiger charge is 2.19. The first-order chi connectivity index (χ1) is 11.5. The highest BCUT2D eigenvalue weighted by molar-refractivity contribution is 5.36. The van der Waals surface area contributed by atoms with Crippen molar-refractivity contribution in [1.82, 2.24) is 5.32 Å². The molecular weight excluding hydrogens is 312 g/mol. The van der Waals surface area contributed by atoms with Crippen LogP contribution in [0.1, 0.15) is 49.0 Å². The molecule has 0 aromatic heterocycles. The van der Waals surface area contributed by atoms with Crippen LogP contribution in [0.2, 0.25) is 0 Å². The lowest BCUT2D eigenvalue weighted by Gasteiger charge is -2.25. The molecule has 0 fully saturated rings. The Bertz CT molecular complexity index is 649. The molecule has 0 aliphatic heterocycles. The Hall–Kier alpha value is -1.98. The Labute approximate surface area is 141 Å². The van der Waals surface area contributed by atoms with E-state index in [0.717, 1.165) is 17.5 Å². The molecule has 0 bridgehead atoms. The van der Waals surface area contributed by atoms with Crippen molar-refractivity contribution >= 4 is 0 Å². The van der Waals surface area contributed by atoms with Gasteiger partial charge in [0.1, 0.15) is 5.75 Å². The maximum atomic E-state index is 12.6. The van der Waals surface area contributed by atoms with Crippen LogP contribution in [0.25, 0.3) is 0 Å². The van der Waals surface area contributed by atoms with Gasteiger partial charge in [0.05, 0.1) is 6.61 Å². The number of rotatable bonds is 8. The lowest BCUT2D eigenvalue weighted by Crippen LogP contribution is -2.25. The Morgan fingerprint density at radius 1 is 1.12 bits per heavy atom. The first-order valence-electron chi connectivity index (χ1n) is 8.04. The quantitative estimate of drug-likeness (QED) is 0.742. The summed E-state index contributed by atoms with van der Waals surface area (Å²) in [7, 11) is 0. The van der Waals surface area contributed by atoms with Crippen LogP contribution in [0, 0.1) is 0 Å². The third-order valence-electron chi connectivity index (χ3n) is 4.00. The largest absolute Gasteiger partial charge is 0.434 e. The van der Waals surface area contributed by atoms with Crippen molar-refractivity contribution in [3.63, 3.8) is 0 Å². The second-order valence-electron chi connectivity index (χ2n) is 5.67. The normalized spacial score (nSPS) is 13.8. The molecule has 0 saturated carbocycles.